The Bertz CT molecular complexity index is 228. The Balaban J connectivity index is 0.000000509. The minimum Gasteiger partial charge on any atom is -0.0820 e. The second-order valence-corrected chi connectivity index (χ2v) is 5.64. The van der Waals surface area contributed by atoms with E-state index in [9.17, 15) is 0 Å². The molecule has 0 aliphatic heterocycles. The third kappa shape index (κ3) is 2.90. The highest BCUT2D eigenvalue weighted by Gasteiger charge is 2.48. The first-order chi connectivity index (χ1) is 7.45. The summed E-state index contributed by atoms with van der Waals surface area (Å²) in [6.45, 7) is 17.7. The van der Waals surface area contributed by atoms with E-state index >= 15 is 0 Å². The van der Waals surface area contributed by atoms with Crippen LogP contribution in [0.25, 0.3) is 0 Å². The van der Waals surface area contributed by atoms with Crippen molar-refractivity contribution in [1.82, 2.24) is 0 Å². The van der Waals surface area contributed by atoms with Gasteiger partial charge in [-0.25, -0.2) is 0 Å². The molecule has 1 fully saturated rings. The van der Waals surface area contributed by atoms with E-state index in [0.717, 1.165) is 11.8 Å². The van der Waals surface area contributed by atoms with Gasteiger partial charge in [0.2, 0.25) is 0 Å². The zero-order chi connectivity index (χ0) is 13.0. The van der Waals surface area contributed by atoms with Crippen LogP contribution in [0.3, 0.4) is 0 Å². The molecule has 96 valence electrons. The van der Waals surface area contributed by atoms with Gasteiger partial charge in [-0.05, 0) is 35.5 Å². The highest BCUT2D eigenvalue weighted by molar-refractivity contribution is 5.19. The van der Waals surface area contributed by atoms with Crippen LogP contribution >= 0.6 is 0 Å². The maximum absolute atomic E-state index is 2.47. The summed E-state index contributed by atoms with van der Waals surface area (Å²) in [4.78, 5) is 0. The molecular formula is C16H32. The first-order valence-electron chi connectivity index (χ1n) is 7.16. The standard InChI is InChI=1S/C12H20.2C2H6/c1-9-7-11(3)5-6-12(4,8-11)10(9)2;2*1-2/h5-6,9-10H,7-8H2,1-4H3;2*1-2H3. The molecule has 0 N–H and O–H groups in total. The van der Waals surface area contributed by atoms with Gasteiger partial charge in [0.05, 0.1) is 0 Å². The van der Waals surface area contributed by atoms with Crippen molar-refractivity contribution in [2.75, 3.05) is 0 Å². The molecule has 0 spiro atoms. The fraction of sp³-hybridized carbons (Fsp3) is 0.875. The molecule has 4 atom stereocenters. The first kappa shape index (κ1) is 15.7. The fourth-order valence-electron chi connectivity index (χ4n) is 3.39. The van der Waals surface area contributed by atoms with Crippen molar-refractivity contribution >= 4 is 0 Å². The maximum atomic E-state index is 2.47. The smallest absolute Gasteiger partial charge is 0.0110 e. The lowest BCUT2D eigenvalue weighted by molar-refractivity contribution is 0.0732. The van der Waals surface area contributed by atoms with Crippen LogP contribution in [0.1, 0.15) is 68.2 Å². The van der Waals surface area contributed by atoms with Crippen molar-refractivity contribution in [1.29, 1.82) is 0 Å². The minimum absolute atomic E-state index is 0.506. The molecule has 1 saturated carbocycles. The number of allylic oxidation sites excluding steroid dienone is 2. The van der Waals surface area contributed by atoms with E-state index in [1.165, 1.54) is 12.8 Å². The lowest BCUT2D eigenvalue weighted by atomic mass is 9.60. The number of hydrogen-bond donors (Lipinski definition) is 0. The number of fused-ring (bicyclic) bond motifs is 2. The molecule has 2 aliphatic rings. The summed E-state index contributed by atoms with van der Waals surface area (Å²) < 4.78 is 0. The Labute approximate surface area is 104 Å². The Morgan fingerprint density at radius 2 is 1.44 bits per heavy atom. The molecule has 2 bridgehead atoms. The van der Waals surface area contributed by atoms with E-state index in [4.69, 9.17) is 0 Å². The van der Waals surface area contributed by atoms with Crippen LogP contribution in [0.5, 0.6) is 0 Å². The topological polar surface area (TPSA) is 0 Å². The van der Waals surface area contributed by atoms with E-state index in [1.54, 1.807) is 0 Å². The summed E-state index contributed by atoms with van der Waals surface area (Å²) in [5, 5.41) is 0. The monoisotopic (exact) mass is 224 g/mol. The Morgan fingerprint density at radius 1 is 0.938 bits per heavy atom. The normalized spacial score (nSPS) is 44.0. The predicted octanol–water partition coefficient (Wildman–Crippen LogP) is 5.69. The van der Waals surface area contributed by atoms with Gasteiger partial charge >= 0.3 is 0 Å². The Morgan fingerprint density at radius 3 is 1.94 bits per heavy atom. The van der Waals surface area contributed by atoms with Crippen LogP contribution < -0.4 is 0 Å². The summed E-state index contributed by atoms with van der Waals surface area (Å²) in [7, 11) is 0. The summed E-state index contributed by atoms with van der Waals surface area (Å²) in [5.41, 5.74) is 1.03. The summed E-state index contributed by atoms with van der Waals surface area (Å²) in [6.07, 6.45) is 7.71. The molecule has 0 heteroatoms. The van der Waals surface area contributed by atoms with Gasteiger partial charge in [0, 0.05) is 0 Å². The fourth-order valence-corrected chi connectivity index (χ4v) is 3.39. The molecule has 2 aliphatic carbocycles. The molecule has 0 aromatic heterocycles. The Hall–Kier alpha value is -0.260. The van der Waals surface area contributed by atoms with Crippen LogP contribution in [-0.2, 0) is 0 Å². The van der Waals surface area contributed by atoms with Crippen molar-refractivity contribution in [2.45, 2.75) is 68.2 Å². The molecule has 0 heterocycles. The van der Waals surface area contributed by atoms with Gasteiger partial charge in [-0.15, -0.1) is 0 Å². The number of hydrogen-bond acceptors (Lipinski definition) is 0. The molecule has 2 rings (SSSR count). The average Bonchev–Trinajstić information content (AvgIpc) is 2.56. The van der Waals surface area contributed by atoms with Gasteiger partial charge in [-0.3, -0.25) is 0 Å². The zero-order valence-electron chi connectivity index (χ0n) is 12.7. The highest BCUT2D eigenvalue weighted by atomic mass is 14.5. The third-order valence-electron chi connectivity index (χ3n) is 4.33. The van der Waals surface area contributed by atoms with Gasteiger partial charge in [0.15, 0.2) is 0 Å². The van der Waals surface area contributed by atoms with Crippen LogP contribution in [-0.4, -0.2) is 0 Å². The lowest BCUT2D eigenvalue weighted by Crippen LogP contribution is -2.36. The van der Waals surface area contributed by atoms with E-state index in [2.05, 4.69) is 39.8 Å². The minimum atomic E-state index is 0.506. The van der Waals surface area contributed by atoms with Gasteiger partial charge in [-0.2, -0.15) is 0 Å². The van der Waals surface area contributed by atoms with Crippen molar-refractivity contribution in [3.63, 3.8) is 0 Å². The van der Waals surface area contributed by atoms with Crippen LogP contribution in [0.2, 0.25) is 0 Å². The molecule has 0 saturated heterocycles. The largest absolute Gasteiger partial charge is 0.0820 e. The lowest BCUT2D eigenvalue weighted by Gasteiger charge is -2.44. The molecular weight excluding hydrogens is 192 g/mol. The van der Waals surface area contributed by atoms with E-state index < -0.39 is 0 Å². The van der Waals surface area contributed by atoms with Crippen LogP contribution in [0.4, 0.5) is 0 Å². The SMILES string of the molecule is CC.CC.CC1CC2(C)C=CC(C)(C2)C1C. The van der Waals surface area contributed by atoms with E-state index in [0.29, 0.717) is 10.8 Å². The zero-order valence-corrected chi connectivity index (χ0v) is 12.7. The molecule has 0 amide bonds. The van der Waals surface area contributed by atoms with Gasteiger partial charge in [0.25, 0.3) is 0 Å². The van der Waals surface area contributed by atoms with Gasteiger partial charge < -0.3 is 0 Å². The molecule has 0 aromatic rings. The Kier molecular flexibility index (Phi) is 5.79. The van der Waals surface area contributed by atoms with Crippen molar-refractivity contribution in [2.24, 2.45) is 22.7 Å². The summed E-state index contributed by atoms with van der Waals surface area (Å²) in [6, 6.07) is 0. The predicted molar refractivity (Wildman–Crippen MR) is 75.6 cm³/mol. The van der Waals surface area contributed by atoms with Gasteiger partial charge in [-0.1, -0.05) is 67.5 Å². The molecule has 4 unspecified atom stereocenters. The molecule has 0 aromatic carbocycles. The highest BCUT2D eigenvalue weighted by Crippen LogP contribution is 2.57. The quantitative estimate of drug-likeness (QED) is 0.464. The maximum Gasteiger partial charge on any atom is -0.0110 e. The molecule has 0 radical (unpaired) electrons. The van der Waals surface area contributed by atoms with Gasteiger partial charge in [0.1, 0.15) is 0 Å². The average molecular weight is 224 g/mol. The summed E-state index contributed by atoms with van der Waals surface area (Å²) in [5.74, 6) is 1.76. The van der Waals surface area contributed by atoms with Crippen molar-refractivity contribution in [3.8, 4) is 0 Å². The second kappa shape index (κ2) is 5.89. The van der Waals surface area contributed by atoms with E-state index in [1.807, 2.05) is 27.7 Å². The molecule has 0 nitrogen and oxygen atoms in total. The van der Waals surface area contributed by atoms with Crippen LogP contribution in [0.15, 0.2) is 12.2 Å². The number of rotatable bonds is 0. The van der Waals surface area contributed by atoms with Crippen molar-refractivity contribution in [3.05, 3.63) is 12.2 Å². The van der Waals surface area contributed by atoms with Crippen molar-refractivity contribution < 1.29 is 0 Å². The second-order valence-electron chi connectivity index (χ2n) is 5.64. The third-order valence-corrected chi connectivity index (χ3v) is 4.33. The van der Waals surface area contributed by atoms with Crippen LogP contribution in [0, 0.1) is 22.7 Å². The molecule has 16 heavy (non-hydrogen) atoms. The first-order valence-corrected chi connectivity index (χ1v) is 7.16. The van der Waals surface area contributed by atoms with E-state index in [-0.39, 0.29) is 0 Å². The summed E-state index contributed by atoms with van der Waals surface area (Å²) >= 11 is 0.